The minimum Gasteiger partial charge on any atom is -0.330 e. The van der Waals surface area contributed by atoms with E-state index in [-0.39, 0.29) is 17.9 Å². The third-order valence-corrected chi connectivity index (χ3v) is 3.32. The first-order valence-corrected chi connectivity index (χ1v) is 5.03. The molecule has 2 atom stereocenters. The largest absolute Gasteiger partial charge is 0.330 e. The molecule has 2 fully saturated rings. The first kappa shape index (κ1) is 9.45. The molecule has 14 heavy (non-hydrogen) atoms. The number of nitrogens with two attached hydrogens (primary N) is 1. The fraction of sp³-hybridized carbons (Fsp3) is 0.778. The molecule has 2 aliphatic rings. The zero-order chi connectivity index (χ0) is 10.2. The number of nitrogens with one attached hydrogen (secondary N) is 2. The molecule has 1 spiro atoms. The Morgan fingerprint density at radius 1 is 1.43 bits per heavy atom. The van der Waals surface area contributed by atoms with Crippen LogP contribution in [0.25, 0.3) is 0 Å². The van der Waals surface area contributed by atoms with Crippen LogP contribution in [-0.4, -0.2) is 24.0 Å². The molecule has 3 amide bonds. The Kier molecular flexibility index (Phi) is 2.19. The molecular weight excluding hydrogens is 182 g/mol. The number of carbonyl (C=O) groups excluding carboxylic acids is 2. The summed E-state index contributed by atoms with van der Waals surface area (Å²) in [5.74, 6) is -0.111. The van der Waals surface area contributed by atoms with Crippen LogP contribution >= 0.6 is 0 Å². The number of carbonyl (C=O) groups is 2. The average molecular weight is 197 g/mol. The van der Waals surface area contributed by atoms with Gasteiger partial charge in [-0.25, -0.2) is 4.79 Å². The van der Waals surface area contributed by atoms with Gasteiger partial charge < -0.3 is 11.1 Å². The number of hydrogen-bond acceptors (Lipinski definition) is 3. The summed E-state index contributed by atoms with van der Waals surface area (Å²) in [6, 6.07) is -0.379. The van der Waals surface area contributed by atoms with E-state index in [1.54, 1.807) is 0 Å². The molecule has 2 rings (SSSR count). The lowest BCUT2D eigenvalue weighted by molar-refractivity contribution is -0.127. The molecule has 1 aliphatic heterocycles. The van der Waals surface area contributed by atoms with Gasteiger partial charge >= 0.3 is 6.03 Å². The Morgan fingerprint density at radius 2 is 2.21 bits per heavy atom. The van der Waals surface area contributed by atoms with E-state index in [1.165, 1.54) is 0 Å². The summed E-state index contributed by atoms with van der Waals surface area (Å²) in [4.78, 5) is 22.8. The molecule has 0 aromatic heterocycles. The number of rotatable bonds is 1. The highest BCUT2D eigenvalue weighted by molar-refractivity contribution is 6.07. The standard InChI is InChI=1S/C9H15N3O2/c10-5-6-3-1-2-4-9(6)7(13)11-8(14)12-9/h6H,1-5,10H2,(H2,11,12,13,14). The maximum absolute atomic E-state index is 11.7. The average Bonchev–Trinajstić information content (AvgIpc) is 2.43. The topological polar surface area (TPSA) is 84.2 Å². The molecular formula is C9H15N3O2. The van der Waals surface area contributed by atoms with E-state index in [4.69, 9.17) is 5.73 Å². The van der Waals surface area contributed by atoms with Crippen molar-refractivity contribution in [3.63, 3.8) is 0 Å². The lowest BCUT2D eigenvalue weighted by Gasteiger charge is -2.37. The van der Waals surface area contributed by atoms with Crippen molar-refractivity contribution in [2.24, 2.45) is 11.7 Å². The first-order chi connectivity index (χ1) is 6.69. The van der Waals surface area contributed by atoms with E-state index >= 15 is 0 Å². The van der Waals surface area contributed by atoms with Gasteiger partial charge in [0.05, 0.1) is 0 Å². The summed E-state index contributed by atoms with van der Waals surface area (Å²) < 4.78 is 0. The molecule has 1 heterocycles. The molecule has 2 unspecified atom stereocenters. The summed E-state index contributed by atoms with van der Waals surface area (Å²) in [5, 5.41) is 5.04. The van der Waals surface area contributed by atoms with Crippen molar-refractivity contribution < 1.29 is 9.59 Å². The molecule has 4 N–H and O–H groups in total. The van der Waals surface area contributed by atoms with Gasteiger partial charge in [0.1, 0.15) is 5.54 Å². The van der Waals surface area contributed by atoms with Crippen LogP contribution in [0.3, 0.4) is 0 Å². The van der Waals surface area contributed by atoms with Crippen LogP contribution in [-0.2, 0) is 4.79 Å². The predicted molar refractivity (Wildman–Crippen MR) is 50.4 cm³/mol. The van der Waals surface area contributed by atoms with E-state index in [0.717, 1.165) is 19.3 Å². The Balaban J connectivity index is 2.26. The summed E-state index contributed by atoms with van der Waals surface area (Å²) in [7, 11) is 0. The van der Waals surface area contributed by atoms with Crippen LogP contribution < -0.4 is 16.4 Å². The Hall–Kier alpha value is -1.10. The van der Waals surface area contributed by atoms with Crippen molar-refractivity contribution in [3.8, 4) is 0 Å². The quantitative estimate of drug-likeness (QED) is 0.505. The van der Waals surface area contributed by atoms with Gasteiger partial charge in [-0.2, -0.15) is 0 Å². The van der Waals surface area contributed by atoms with Crippen molar-refractivity contribution in [1.29, 1.82) is 0 Å². The van der Waals surface area contributed by atoms with Crippen molar-refractivity contribution in [1.82, 2.24) is 10.6 Å². The van der Waals surface area contributed by atoms with E-state index in [2.05, 4.69) is 10.6 Å². The number of urea groups is 1. The predicted octanol–water partition coefficient (Wildman–Crippen LogP) is -0.286. The van der Waals surface area contributed by atoms with Gasteiger partial charge in [0.2, 0.25) is 0 Å². The first-order valence-electron chi connectivity index (χ1n) is 5.03. The minimum absolute atomic E-state index is 0.0858. The molecule has 0 aromatic carbocycles. The Labute approximate surface area is 82.4 Å². The van der Waals surface area contributed by atoms with E-state index < -0.39 is 5.54 Å². The number of amides is 3. The lowest BCUT2D eigenvalue weighted by atomic mass is 9.73. The number of imide groups is 1. The van der Waals surface area contributed by atoms with Crippen LogP contribution in [0, 0.1) is 5.92 Å². The maximum Gasteiger partial charge on any atom is 0.322 e. The van der Waals surface area contributed by atoms with Gasteiger partial charge in [-0.05, 0) is 19.4 Å². The maximum atomic E-state index is 11.7. The summed E-state index contributed by atoms with van der Waals surface area (Å²) in [6.45, 7) is 0.452. The molecule has 0 aromatic rings. The lowest BCUT2D eigenvalue weighted by Crippen LogP contribution is -2.56. The van der Waals surface area contributed by atoms with Gasteiger partial charge in [-0.3, -0.25) is 10.1 Å². The molecule has 1 aliphatic carbocycles. The van der Waals surface area contributed by atoms with Gasteiger partial charge in [0.15, 0.2) is 0 Å². The van der Waals surface area contributed by atoms with Crippen LogP contribution in [0.4, 0.5) is 4.79 Å². The van der Waals surface area contributed by atoms with E-state index in [9.17, 15) is 9.59 Å². The van der Waals surface area contributed by atoms with Gasteiger partial charge in [0.25, 0.3) is 5.91 Å². The van der Waals surface area contributed by atoms with Crippen LogP contribution in [0.15, 0.2) is 0 Å². The fourth-order valence-corrected chi connectivity index (χ4v) is 2.53. The zero-order valence-electron chi connectivity index (χ0n) is 8.01. The van der Waals surface area contributed by atoms with Crippen molar-refractivity contribution in [3.05, 3.63) is 0 Å². The molecule has 1 saturated heterocycles. The van der Waals surface area contributed by atoms with Crippen molar-refractivity contribution in [2.45, 2.75) is 31.2 Å². The van der Waals surface area contributed by atoms with Crippen LogP contribution in [0.2, 0.25) is 0 Å². The van der Waals surface area contributed by atoms with Gasteiger partial charge in [-0.15, -0.1) is 0 Å². The minimum atomic E-state index is -0.704. The fourth-order valence-electron chi connectivity index (χ4n) is 2.53. The highest BCUT2D eigenvalue weighted by Crippen LogP contribution is 2.35. The van der Waals surface area contributed by atoms with Crippen molar-refractivity contribution >= 4 is 11.9 Å². The third kappa shape index (κ3) is 1.19. The molecule has 0 bridgehead atoms. The second-order valence-electron chi connectivity index (χ2n) is 4.06. The highest BCUT2D eigenvalue weighted by atomic mass is 16.2. The zero-order valence-corrected chi connectivity index (χ0v) is 8.01. The SMILES string of the molecule is NCC1CCCCC12NC(=O)NC2=O. The highest BCUT2D eigenvalue weighted by Gasteiger charge is 2.51. The Bertz CT molecular complexity index is 279. The smallest absolute Gasteiger partial charge is 0.322 e. The van der Waals surface area contributed by atoms with E-state index in [0.29, 0.717) is 13.0 Å². The molecule has 5 nitrogen and oxygen atoms in total. The van der Waals surface area contributed by atoms with Gasteiger partial charge in [0, 0.05) is 5.92 Å². The van der Waals surface area contributed by atoms with Crippen LogP contribution in [0.1, 0.15) is 25.7 Å². The monoisotopic (exact) mass is 197 g/mol. The normalized spacial score (nSPS) is 37.1. The molecule has 78 valence electrons. The molecule has 0 radical (unpaired) electrons. The van der Waals surface area contributed by atoms with E-state index in [1.807, 2.05) is 0 Å². The second-order valence-corrected chi connectivity index (χ2v) is 4.06. The second kappa shape index (κ2) is 3.24. The number of hydrogen-bond donors (Lipinski definition) is 3. The molecule has 5 heteroatoms. The third-order valence-electron chi connectivity index (χ3n) is 3.32. The van der Waals surface area contributed by atoms with Gasteiger partial charge in [-0.1, -0.05) is 12.8 Å². The van der Waals surface area contributed by atoms with Crippen LogP contribution in [0.5, 0.6) is 0 Å². The summed E-state index contributed by atoms with van der Waals surface area (Å²) in [5.41, 5.74) is 4.93. The summed E-state index contributed by atoms with van der Waals surface area (Å²) in [6.07, 6.45) is 3.70. The summed E-state index contributed by atoms with van der Waals surface area (Å²) >= 11 is 0. The van der Waals surface area contributed by atoms with Crippen molar-refractivity contribution in [2.75, 3.05) is 6.54 Å². The molecule has 1 saturated carbocycles. The Morgan fingerprint density at radius 3 is 2.79 bits per heavy atom.